The molecule has 0 amide bonds. The summed E-state index contributed by atoms with van der Waals surface area (Å²) in [5, 5.41) is 3.29. The zero-order valence-corrected chi connectivity index (χ0v) is 21.3. The average Bonchev–Trinajstić information content (AvgIpc) is 3.31. The quantitative estimate of drug-likeness (QED) is 0.185. The molecule has 1 atom stereocenters. The first-order valence-corrected chi connectivity index (χ1v) is 12.5. The molecule has 1 aliphatic heterocycles. The molecule has 2 aromatic carbocycles. The lowest BCUT2D eigenvalue weighted by molar-refractivity contribution is 0.435. The summed E-state index contributed by atoms with van der Waals surface area (Å²) in [6, 6.07) is 15.5. The summed E-state index contributed by atoms with van der Waals surface area (Å²) in [4.78, 5) is 4.14. The van der Waals surface area contributed by atoms with E-state index in [-0.39, 0.29) is 0 Å². The second-order valence-corrected chi connectivity index (χ2v) is 7.84. The highest BCUT2D eigenvalue weighted by molar-refractivity contribution is 7.16. The van der Waals surface area contributed by atoms with Crippen molar-refractivity contribution in [2.45, 2.75) is 60.3 Å². The van der Waals surface area contributed by atoms with Crippen molar-refractivity contribution in [1.82, 2.24) is 10.3 Å². The van der Waals surface area contributed by atoms with Gasteiger partial charge in [-0.2, -0.15) is 0 Å². The summed E-state index contributed by atoms with van der Waals surface area (Å²) in [5.41, 5.74) is 13.6. The first kappa shape index (κ1) is 29.4. The molecule has 32 heavy (non-hydrogen) atoms. The number of rotatable bonds is 2. The van der Waals surface area contributed by atoms with Gasteiger partial charge in [-0.05, 0) is 49.4 Å². The van der Waals surface area contributed by atoms with E-state index in [4.69, 9.17) is 11.6 Å². The Kier molecular flexibility index (Phi) is 17.6. The molecule has 0 radical (unpaired) electrons. The second kappa shape index (κ2) is 19.1. The van der Waals surface area contributed by atoms with Crippen LogP contribution in [0.3, 0.4) is 0 Å². The van der Waals surface area contributed by atoms with Crippen LogP contribution in [0.15, 0.2) is 66.3 Å². The minimum Gasteiger partial charge on any atom is -0.397 e. The van der Waals surface area contributed by atoms with Crippen molar-refractivity contribution in [3.63, 3.8) is 0 Å². The number of piperidine rings is 1. The molecule has 0 aliphatic carbocycles. The van der Waals surface area contributed by atoms with Crippen LogP contribution in [0.1, 0.15) is 60.3 Å². The number of hydrogen-bond acceptors (Lipinski definition) is 6. The molecule has 5 nitrogen and oxygen atoms in total. The fourth-order valence-corrected chi connectivity index (χ4v) is 3.48. The van der Waals surface area contributed by atoms with Gasteiger partial charge in [0.25, 0.3) is 0 Å². The molecule has 1 unspecified atom stereocenters. The summed E-state index contributed by atoms with van der Waals surface area (Å²) >= 11 is 1.68. The van der Waals surface area contributed by atoms with Gasteiger partial charge in [-0.3, -0.25) is 5.84 Å². The van der Waals surface area contributed by atoms with E-state index in [1.165, 1.54) is 36.1 Å². The highest BCUT2D eigenvalue weighted by Crippen LogP contribution is 2.20. The maximum atomic E-state index is 5.49. The van der Waals surface area contributed by atoms with E-state index < -0.39 is 0 Å². The molecule has 6 N–H and O–H groups in total. The first-order chi connectivity index (χ1) is 15.6. The van der Waals surface area contributed by atoms with E-state index in [0.29, 0.717) is 5.69 Å². The Morgan fingerprint density at radius 3 is 2.22 bits per heavy atom. The average molecular weight is 458 g/mol. The Morgan fingerprint density at radius 2 is 1.72 bits per heavy atom. The van der Waals surface area contributed by atoms with Gasteiger partial charge in [-0.1, -0.05) is 71.9 Å². The minimum atomic E-state index is 0.667. The number of fused-ring (bicyclic) bond motifs is 1. The SMILES string of the molecule is C=C1NCCCC1CC.CC.CCC.NNc1ccccc1N.c1ccc2scnc2c1. The van der Waals surface area contributed by atoms with Crippen LogP contribution >= 0.6 is 11.3 Å². The zero-order chi connectivity index (χ0) is 24.2. The molecule has 2 heterocycles. The number of nitrogens with zero attached hydrogens (tertiary/aromatic N) is 1. The summed E-state index contributed by atoms with van der Waals surface area (Å²) in [7, 11) is 0. The monoisotopic (exact) mass is 457 g/mol. The number of benzene rings is 2. The first-order valence-electron chi connectivity index (χ1n) is 11.6. The molecule has 6 heteroatoms. The third-order valence-electron chi connectivity index (χ3n) is 4.42. The molecule has 4 rings (SSSR count). The third kappa shape index (κ3) is 11.7. The maximum absolute atomic E-state index is 5.49. The molecule has 0 saturated carbocycles. The molecule has 0 spiro atoms. The highest BCUT2D eigenvalue weighted by atomic mass is 32.1. The van der Waals surface area contributed by atoms with Gasteiger partial charge >= 0.3 is 0 Å². The van der Waals surface area contributed by atoms with Crippen molar-refractivity contribution in [3.8, 4) is 0 Å². The van der Waals surface area contributed by atoms with Gasteiger partial charge in [0.1, 0.15) is 0 Å². The predicted molar refractivity (Wildman–Crippen MR) is 146 cm³/mol. The predicted octanol–water partition coefficient (Wildman–Crippen LogP) is 7.20. The smallest absolute Gasteiger partial charge is 0.0812 e. The number of allylic oxidation sites excluding steroid dienone is 1. The van der Waals surface area contributed by atoms with Crippen LogP contribution < -0.4 is 22.3 Å². The maximum Gasteiger partial charge on any atom is 0.0812 e. The fourth-order valence-electron chi connectivity index (χ4n) is 2.80. The van der Waals surface area contributed by atoms with Crippen LogP contribution in [0.25, 0.3) is 10.2 Å². The third-order valence-corrected chi connectivity index (χ3v) is 5.23. The zero-order valence-electron chi connectivity index (χ0n) is 20.5. The van der Waals surface area contributed by atoms with E-state index in [1.54, 1.807) is 17.4 Å². The van der Waals surface area contributed by atoms with E-state index in [0.717, 1.165) is 23.7 Å². The van der Waals surface area contributed by atoms with Gasteiger partial charge in [0.2, 0.25) is 0 Å². The number of nitrogen functional groups attached to an aromatic ring is 2. The van der Waals surface area contributed by atoms with Crippen molar-refractivity contribution >= 4 is 32.9 Å². The van der Waals surface area contributed by atoms with Gasteiger partial charge in [0.15, 0.2) is 0 Å². The number of anilines is 2. The second-order valence-electron chi connectivity index (χ2n) is 6.96. The number of thiazole rings is 1. The van der Waals surface area contributed by atoms with E-state index in [9.17, 15) is 0 Å². The van der Waals surface area contributed by atoms with Crippen LogP contribution in [0.5, 0.6) is 0 Å². The lowest BCUT2D eigenvalue weighted by atomic mass is 9.94. The van der Waals surface area contributed by atoms with Gasteiger partial charge in [0.05, 0.1) is 27.1 Å². The van der Waals surface area contributed by atoms with Crippen molar-refractivity contribution in [2.24, 2.45) is 11.8 Å². The van der Waals surface area contributed by atoms with Crippen LogP contribution in [-0.4, -0.2) is 11.5 Å². The molecular weight excluding hydrogens is 414 g/mol. The Hall–Kier alpha value is -2.57. The highest BCUT2D eigenvalue weighted by Gasteiger charge is 2.13. The molecule has 3 aromatic rings. The van der Waals surface area contributed by atoms with Gasteiger partial charge in [-0.15, -0.1) is 11.3 Å². The normalized spacial score (nSPS) is 13.9. The van der Waals surface area contributed by atoms with E-state index in [1.807, 2.05) is 55.8 Å². The molecule has 0 bridgehead atoms. The van der Waals surface area contributed by atoms with Gasteiger partial charge < -0.3 is 16.5 Å². The summed E-state index contributed by atoms with van der Waals surface area (Å²) in [6.45, 7) is 15.6. The van der Waals surface area contributed by atoms with Crippen LogP contribution in [0, 0.1) is 5.92 Å². The topological polar surface area (TPSA) is 89.0 Å². The summed E-state index contributed by atoms with van der Waals surface area (Å²) < 4.78 is 1.26. The minimum absolute atomic E-state index is 0.667. The van der Waals surface area contributed by atoms with E-state index >= 15 is 0 Å². The van der Waals surface area contributed by atoms with Crippen molar-refractivity contribution in [3.05, 3.63) is 66.3 Å². The Labute approximate surface area is 199 Å². The number of aromatic nitrogens is 1. The van der Waals surface area contributed by atoms with Crippen LogP contribution in [0.2, 0.25) is 0 Å². The number of nitrogens with one attached hydrogen (secondary N) is 2. The van der Waals surface area contributed by atoms with Crippen molar-refractivity contribution < 1.29 is 0 Å². The Morgan fingerprint density at radius 1 is 1.09 bits per heavy atom. The molecule has 178 valence electrons. The number of hydrogen-bond donors (Lipinski definition) is 4. The number of hydrazine groups is 1. The standard InChI is InChI=1S/C8H15N.C7H5NS.C6H9N3.C3H8.C2H6/c1-3-8-5-4-6-9-7(8)2;1-2-4-7-6(3-1)8-5-9-7;7-5-3-1-2-4-6(5)9-8;1-3-2;1-2/h8-9H,2-6H2,1H3;1-5H;1-4,9H,7-8H2;3H2,1-2H3;1-2H3. The molecule has 1 fully saturated rings. The number of para-hydroxylation sites is 3. The van der Waals surface area contributed by atoms with Crippen LogP contribution in [-0.2, 0) is 0 Å². The summed E-state index contributed by atoms with van der Waals surface area (Å²) in [5.74, 6) is 5.87. The van der Waals surface area contributed by atoms with Gasteiger partial charge in [0, 0.05) is 12.2 Å². The van der Waals surface area contributed by atoms with Crippen LogP contribution in [0.4, 0.5) is 11.4 Å². The van der Waals surface area contributed by atoms with Crippen molar-refractivity contribution in [2.75, 3.05) is 17.7 Å². The van der Waals surface area contributed by atoms with Gasteiger partial charge in [-0.25, -0.2) is 4.98 Å². The molecule has 1 saturated heterocycles. The molecule has 1 aliphatic rings. The lowest BCUT2D eigenvalue weighted by Crippen LogP contribution is -2.26. The molecule has 1 aromatic heterocycles. The van der Waals surface area contributed by atoms with E-state index in [2.05, 4.69) is 49.1 Å². The fraction of sp³-hybridized carbons (Fsp3) is 0.423. The number of nitrogens with two attached hydrogens (primary N) is 2. The lowest BCUT2D eigenvalue weighted by Gasteiger charge is -2.24. The molecular formula is C26H43N5S. The van der Waals surface area contributed by atoms with Crippen molar-refractivity contribution in [1.29, 1.82) is 0 Å². The largest absolute Gasteiger partial charge is 0.397 e. The Bertz CT molecular complexity index is 817. The summed E-state index contributed by atoms with van der Waals surface area (Å²) in [6.07, 6.45) is 5.14. The Balaban J connectivity index is 0.000000409.